The molecule has 1 aliphatic heterocycles. The first kappa shape index (κ1) is 15.9. The van der Waals surface area contributed by atoms with Crippen molar-refractivity contribution in [2.45, 2.75) is 12.8 Å². The molecule has 0 radical (unpaired) electrons. The van der Waals surface area contributed by atoms with Crippen LogP contribution in [0.2, 0.25) is 0 Å². The Morgan fingerprint density at radius 2 is 2.00 bits per heavy atom. The summed E-state index contributed by atoms with van der Waals surface area (Å²) in [5.74, 6) is 0. The Kier molecular flexibility index (Phi) is 9.02. The maximum Gasteiger partial charge on any atom is 0.0830 e. The molecule has 108 valence electrons. The highest BCUT2D eigenvalue weighted by atomic mass is 15.2. The first-order valence-electron chi connectivity index (χ1n) is 7.21. The first-order chi connectivity index (χ1) is 9.33. The van der Waals surface area contributed by atoms with Crippen LogP contribution in [0.5, 0.6) is 0 Å². The summed E-state index contributed by atoms with van der Waals surface area (Å²) in [5.41, 5.74) is 0. The van der Waals surface area contributed by atoms with Crippen molar-refractivity contribution in [3.05, 3.63) is 24.8 Å². The molecule has 4 nitrogen and oxygen atoms in total. The van der Waals surface area contributed by atoms with E-state index >= 15 is 0 Å². The van der Waals surface area contributed by atoms with Crippen LogP contribution in [0, 0.1) is 0 Å². The monoisotopic (exact) mass is 264 g/mol. The van der Waals surface area contributed by atoms with Gasteiger partial charge in [-0.25, -0.2) is 0 Å². The highest BCUT2D eigenvalue weighted by Gasteiger charge is 2.12. The normalized spacial score (nSPS) is 18.4. The molecule has 0 aromatic rings. The summed E-state index contributed by atoms with van der Waals surface area (Å²) in [4.78, 5) is 9.18. The number of piperazine rings is 1. The van der Waals surface area contributed by atoms with E-state index in [9.17, 15) is 0 Å². The summed E-state index contributed by atoms with van der Waals surface area (Å²) in [5, 5.41) is 3.03. The van der Waals surface area contributed by atoms with Crippen LogP contribution >= 0.6 is 0 Å². The van der Waals surface area contributed by atoms with Gasteiger partial charge in [-0.3, -0.25) is 4.99 Å². The number of allylic oxidation sites excluding steroid dienone is 1. The minimum atomic E-state index is 0.763. The number of hydrogen-bond acceptors (Lipinski definition) is 3. The van der Waals surface area contributed by atoms with Gasteiger partial charge in [0.15, 0.2) is 0 Å². The molecule has 0 aromatic carbocycles. The predicted octanol–water partition coefficient (Wildman–Crippen LogP) is 1.37. The third-order valence-corrected chi connectivity index (χ3v) is 3.26. The molecular formula is C15H28N4. The van der Waals surface area contributed by atoms with Gasteiger partial charge in [-0.05, 0) is 26.4 Å². The van der Waals surface area contributed by atoms with E-state index in [1.807, 2.05) is 6.08 Å². The molecule has 1 fully saturated rings. The van der Waals surface area contributed by atoms with Gasteiger partial charge in [0.25, 0.3) is 0 Å². The van der Waals surface area contributed by atoms with E-state index in [1.165, 1.54) is 39.1 Å². The number of nitrogens with zero attached hydrogens (tertiary/aromatic N) is 3. The van der Waals surface area contributed by atoms with Crippen LogP contribution < -0.4 is 5.32 Å². The Balaban J connectivity index is 1.92. The largest absolute Gasteiger partial charge is 0.373 e. The van der Waals surface area contributed by atoms with Crippen LogP contribution in [-0.2, 0) is 0 Å². The minimum Gasteiger partial charge on any atom is -0.373 e. The fourth-order valence-corrected chi connectivity index (χ4v) is 2.01. The Morgan fingerprint density at radius 1 is 1.21 bits per heavy atom. The average molecular weight is 264 g/mol. The van der Waals surface area contributed by atoms with Crippen molar-refractivity contribution in [2.24, 2.45) is 4.99 Å². The smallest absolute Gasteiger partial charge is 0.0830 e. The van der Waals surface area contributed by atoms with Gasteiger partial charge >= 0.3 is 0 Å². The Bertz CT molecular complexity index is 278. The third-order valence-electron chi connectivity index (χ3n) is 3.26. The highest BCUT2D eigenvalue weighted by molar-refractivity contribution is 5.54. The molecule has 1 rings (SSSR count). The molecular weight excluding hydrogens is 236 g/mol. The molecule has 1 saturated heterocycles. The van der Waals surface area contributed by atoms with Crippen molar-refractivity contribution in [3.8, 4) is 0 Å². The quantitative estimate of drug-likeness (QED) is 0.295. The summed E-state index contributed by atoms with van der Waals surface area (Å²) in [6.45, 7) is 11.3. The predicted molar refractivity (Wildman–Crippen MR) is 83.9 cm³/mol. The summed E-state index contributed by atoms with van der Waals surface area (Å²) >= 11 is 0. The molecule has 0 aromatic heterocycles. The maximum atomic E-state index is 4.22. The molecule has 1 aliphatic rings. The van der Waals surface area contributed by atoms with Gasteiger partial charge in [-0.2, -0.15) is 0 Å². The molecule has 4 heteroatoms. The lowest BCUT2D eigenvalue weighted by molar-refractivity contribution is 0.153. The second-order valence-corrected chi connectivity index (χ2v) is 4.95. The summed E-state index contributed by atoms with van der Waals surface area (Å²) in [6.07, 6.45) is 10.3. The van der Waals surface area contributed by atoms with Crippen LogP contribution in [0.15, 0.2) is 29.8 Å². The van der Waals surface area contributed by atoms with Crippen LogP contribution in [0.1, 0.15) is 12.8 Å². The van der Waals surface area contributed by atoms with Gasteiger partial charge in [0.05, 0.1) is 12.9 Å². The summed E-state index contributed by atoms with van der Waals surface area (Å²) in [6, 6.07) is 0. The average Bonchev–Trinajstić information content (AvgIpc) is 2.43. The molecule has 19 heavy (non-hydrogen) atoms. The Labute approximate surface area is 117 Å². The fraction of sp³-hybridized carbons (Fsp3) is 0.667. The zero-order valence-corrected chi connectivity index (χ0v) is 12.2. The van der Waals surface area contributed by atoms with Crippen molar-refractivity contribution in [2.75, 3.05) is 52.9 Å². The molecule has 0 atom stereocenters. The molecule has 0 bridgehead atoms. The van der Waals surface area contributed by atoms with Gasteiger partial charge in [0, 0.05) is 32.7 Å². The van der Waals surface area contributed by atoms with E-state index < -0.39 is 0 Å². The zero-order chi connectivity index (χ0) is 13.8. The Morgan fingerprint density at radius 3 is 2.74 bits per heavy atom. The van der Waals surface area contributed by atoms with E-state index in [1.54, 1.807) is 6.34 Å². The second kappa shape index (κ2) is 10.8. The van der Waals surface area contributed by atoms with E-state index in [0.29, 0.717) is 0 Å². The van der Waals surface area contributed by atoms with E-state index in [2.05, 4.69) is 45.9 Å². The van der Waals surface area contributed by atoms with E-state index in [4.69, 9.17) is 0 Å². The maximum absolute atomic E-state index is 4.22. The van der Waals surface area contributed by atoms with Crippen molar-refractivity contribution in [1.82, 2.24) is 15.1 Å². The van der Waals surface area contributed by atoms with Gasteiger partial charge in [0.1, 0.15) is 0 Å². The minimum absolute atomic E-state index is 0.763. The SMILES string of the molecule is C=CCNC=NC/C=C/CCCN1CCN(C)CC1. The lowest BCUT2D eigenvalue weighted by atomic mass is 10.2. The second-order valence-electron chi connectivity index (χ2n) is 4.95. The number of nitrogens with one attached hydrogen (secondary N) is 1. The number of hydrogen-bond donors (Lipinski definition) is 1. The molecule has 0 unspecified atom stereocenters. The van der Waals surface area contributed by atoms with Gasteiger partial charge in [0.2, 0.25) is 0 Å². The number of aliphatic imine (C=N–C) groups is 1. The van der Waals surface area contributed by atoms with Crippen molar-refractivity contribution >= 4 is 6.34 Å². The molecule has 0 amide bonds. The van der Waals surface area contributed by atoms with Crippen molar-refractivity contribution in [1.29, 1.82) is 0 Å². The van der Waals surface area contributed by atoms with E-state index in [-0.39, 0.29) is 0 Å². The molecule has 0 aliphatic carbocycles. The van der Waals surface area contributed by atoms with Crippen LogP contribution in [-0.4, -0.2) is 69.0 Å². The fourth-order valence-electron chi connectivity index (χ4n) is 2.01. The number of likely N-dealkylation sites (N-methyl/N-ethyl adjacent to an activating group) is 1. The lowest BCUT2D eigenvalue weighted by Gasteiger charge is -2.32. The molecule has 0 saturated carbocycles. The summed E-state index contributed by atoms with van der Waals surface area (Å²) in [7, 11) is 2.20. The third kappa shape index (κ3) is 8.56. The zero-order valence-electron chi connectivity index (χ0n) is 12.2. The molecule has 0 spiro atoms. The van der Waals surface area contributed by atoms with Gasteiger partial charge in [-0.15, -0.1) is 6.58 Å². The van der Waals surface area contributed by atoms with Crippen LogP contribution in [0.3, 0.4) is 0 Å². The topological polar surface area (TPSA) is 30.9 Å². The lowest BCUT2D eigenvalue weighted by Crippen LogP contribution is -2.44. The van der Waals surface area contributed by atoms with Gasteiger partial charge in [-0.1, -0.05) is 18.2 Å². The van der Waals surface area contributed by atoms with Crippen molar-refractivity contribution < 1.29 is 0 Å². The van der Waals surface area contributed by atoms with Crippen LogP contribution in [0.4, 0.5) is 0 Å². The van der Waals surface area contributed by atoms with Crippen molar-refractivity contribution in [3.63, 3.8) is 0 Å². The summed E-state index contributed by atoms with van der Waals surface area (Å²) < 4.78 is 0. The van der Waals surface area contributed by atoms with Gasteiger partial charge < -0.3 is 15.1 Å². The first-order valence-corrected chi connectivity index (χ1v) is 7.21. The highest BCUT2D eigenvalue weighted by Crippen LogP contribution is 2.01. The molecule has 1 N–H and O–H groups in total. The molecule has 1 heterocycles. The van der Waals surface area contributed by atoms with E-state index in [0.717, 1.165) is 19.5 Å². The standard InChI is InChI=1S/C15H28N4/c1-3-8-16-15-17-9-6-4-5-7-10-19-13-11-18(2)12-14-19/h3-4,6,15H,1,5,7-14H2,2H3,(H,16,17)/b6-4+. The number of rotatable bonds is 9. The van der Waals surface area contributed by atoms with Crippen LogP contribution in [0.25, 0.3) is 0 Å². The Hall–Kier alpha value is -1.13. The number of unbranched alkanes of at least 4 members (excludes halogenated alkanes) is 1.